The molecule has 2 N–H and O–H groups in total. The molecule has 2 saturated carbocycles. The van der Waals surface area contributed by atoms with Crippen LogP contribution in [0.2, 0.25) is 5.02 Å². The number of aryl methyl sites for hydroxylation is 1. The highest BCUT2D eigenvalue weighted by atomic mass is 35.5. The van der Waals surface area contributed by atoms with Crippen molar-refractivity contribution < 1.29 is 39.6 Å². The van der Waals surface area contributed by atoms with Gasteiger partial charge in [0.25, 0.3) is 17.9 Å². The van der Waals surface area contributed by atoms with Gasteiger partial charge in [0.05, 0.1) is 50.5 Å². The van der Waals surface area contributed by atoms with Gasteiger partial charge in [0.15, 0.2) is 5.82 Å². The molecule has 22 heteroatoms. The first-order valence-corrected chi connectivity index (χ1v) is 22.7. The van der Waals surface area contributed by atoms with E-state index >= 15 is 13.6 Å². The number of benzene rings is 3. The smallest absolute Gasteiger partial charge is 0.293 e. The Hall–Kier alpha value is -6.35. The summed E-state index contributed by atoms with van der Waals surface area (Å²) < 4.78 is 119. The molecular formula is C43H35ClF6N10O4S. The van der Waals surface area contributed by atoms with Crippen molar-refractivity contribution in [1.82, 2.24) is 44.4 Å². The van der Waals surface area contributed by atoms with Crippen LogP contribution in [0, 0.1) is 17.6 Å². The lowest BCUT2D eigenvalue weighted by molar-refractivity contribution is -0.123. The normalized spacial score (nSPS) is 18.2. The number of amides is 1. The third kappa shape index (κ3) is 7.46. The van der Waals surface area contributed by atoms with Gasteiger partial charge in [-0.15, -0.1) is 0 Å². The maximum Gasteiger partial charge on any atom is 0.293 e. The summed E-state index contributed by atoms with van der Waals surface area (Å²) in [6.07, 6.45) is 1.80. The van der Waals surface area contributed by atoms with Crippen LogP contribution in [0.1, 0.15) is 84.1 Å². The molecule has 3 aromatic carbocycles. The Morgan fingerprint density at radius 2 is 1.77 bits per heavy atom. The average molecular weight is 937 g/mol. The zero-order chi connectivity index (χ0) is 45.9. The van der Waals surface area contributed by atoms with E-state index in [1.165, 1.54) is 29.9 Å². The Morgan fingerprint density at radius 1 is 1.02 bits per heavy atom. The van der Waals surface area contributed by atoms with E-state index in [2.05, 4.69) is 25.2 Å². The van der Waals surface area contributed by atoms with Gasteiger partial charge >= 0.3 is 0 Å². The van der Waals surface area contributed by atoms with Crippen LogP contribution in [-0.2, 0) is 40.8 Å². The van der Waals surface area contributed by atoms with Crippen LogP contribution in [0.3, 0.4) is 0 Å². The van der Waals surface area contributed by atoms with Crippen LogP contribution in [0.4, 0.5) is 32.2 Å². The van der Waals surface area contributed by atoms with Crippen LogP contribution in [-0.4, -0.2) is 59.7 Å². The van der Waals surface area contributed by atoms with E-state index in [-0.39, 0.29) is 67.6 Å². The Morgan fingerprint density at radius 3 is 2.46 bits per heavy atom. The number of aromatic nitrogens is 8. The first-order chi connectivity index (χ1) is 30.9. The largest absolute Gasteiger partial charge is 0.344 e. The molecule has 0 saturated heterocycles. The van der Waals surface area contributed by atoms with Crippen LogP contribution in [0.5, 0.6) is 0 Å². The van der Waals surface area contributed by atoms with Crippen LogP contribution in [0.15, 0.2) is 65.6 Å². The van der Waals surface area contributed by atoms with Gasteiger partial charge < -0.3 is 5.32 Å². The second kappa shape index (κ2) is 15.4. The fourth-order valence-electron chi connectivity index (χ4n) is 9.14. The summed E-state index contributed by atoms with van der Waals surface area (Å²) in [4.78, 5) is 43.5. The second-order valence-electron chi connectivity index (χ2n) is 16.7. The molecule has 0 bridgehead atoms. The number of sulfonamides is 1. The number of rotatable bonds is 12. The fraction of sp³-hybridized carbons (Fsp3) is 0.326. The highest BCUT2D eigenvalue weighted by Gasteiger charge is 2.67. The number of anilines is 1. The van der Waals surface area contributed by atoms with E-state index < -0.39 is 87.7 Å². The van der Waals surface area contributed by atoms with Gasteiger partial charge in [0, 0.05) is 48.7 Å². The molecule has 4 aromatic heterocycles. The summed E-state index contributed by atoms with van der Waals surface area (Å²) in [6.45, 7) is -0.982. The van der Waals surface area contributed by atoms with E-state index in [0.717, 1.165) is 42.2 Å². The molecule has 0 spiro atoms. The van der Waals surface area contributed by atoms with Crippen molar-refractivity contribution in [3.8, 4) is 16.9 Å². The Kier molecular flexibility index (Phi) is 10.1. The standard InChI is InChI=1S/C43H35ClF6N10O4S/c1-58-36-31(9-8-27(44)34(36)40(56-58)57-65(2,63)64)60-41(54-29-15-21(6-7-24(29)42(60)62)28-10-11-51-39(53-28)20-4-3-5-20)30(14-19-12-22(45)16-23(46)13-19)52-32(61)18-59-37-33(35(55-59)38(47)48)25-17-26(25)43(37,49)50/h6-13,15-16,20,25-26,30,38H,3-5,14,17-18H2,1-2H3,(H,52,61)(H,56,57)/t25-,26+,30-/m0/s1. The topological polar surface area (TPSA) is 172 Å². The van der Waals surface area contributed by atoms with E-state index in [0.29, 0.717) is 27.8 Å². The molecule has 2 fully saturated rings. The van der Waals surface area contributed by atoms with Crippen molar-refractivity contribution in [3.63, 3.8) is 0 Å². The summed E-state index contributed by atoms with van der Waals surface area (Å²) in [7, 11) is -2.45. The van der Waals surface area contributed by atoms with Gasteiger partial charge in [0.1, 0.15) is 41.2 Å². The molecule has 65 heavy (non-hydrogen) atoms. The number of fused-ring (bicyclic) bond motifs is 5. The number of hydrogen-bond acceptors (Lipinski definition) is 9. The Labute approximate surface area is 369 Å². The third-order valence-corrected chi connectivity index (χ3v) is 13.1. The summed E-state index contributed by atoms with van der Waals surface area (Å²) in [5, 5.41) is 10.9. The molecule has 0 radical (unpaired) electrons. The zero-order valence-corrected chi connectivity index (χ0v) is 35.7. The summed E-state index contributed by atoms with van der Waals surface area (Å²) in [6, 6.07) is 10.4. The first-order valence-electron chi connectivity index (χ1n) is 20.4. The van der Waals surface area contributed by atoms with Crippen LogP contribution >= 0.6 is 11.6 Å². The number of hydrogen-bond donors (Lipinski definition) is 2. The molecule has 14 nitrogen and oxygen atoms in total. The molecule has 336 valence electrons. The lowest BCUT2D eigenvalue weighted by Gasteiger charge is -2.24. The van der Waals surface area contributed by atoms with Crippen molar-refractivity contribution in [3.05, 3.63) is 122 Å². The predicted octanol–water partition coefficient (Wildman–Crippen LogP) is 7.74. The summed E-state index contributed by atoms with van der Waals surface area (Å²) >= 11 is 6.66. The molecule has 10 rings (SSSR count). The van der Waals surface area contributed by atoms with Gasteiger partial charge in [-0.3, -0.25) is 28.2 Å². The van der Waals surface area contributed by atoms with Gasteiger partial charge in [-0.25, -0.2) is 40.9 Å². The second-order valence-corrected chi connectivity index (χ2v) is 18.8. The molecular weight excluding hydrogens is 902 g/mol. The molecule has 3 atom stereocenters. The van der Waals surface area contributed by atoms with E-state index in [1.54, 1.807) is 24.4 Å². The number of carbonyl (C=O) groups excluding carboxylic acids is 1. The first kappa shape index (κ1) is 42.6. The Bertz CT molecular complexity index is 3300. The molecule has 1 amide bonds. The van der Waals surface area contributed by atoms with Crippen molar-refractivity contribution >= 4 is 55.2 Å². The van der Waals surface area contributed by atoms with E-state index in [4.69, 9.17) is 21.6 Å². The number of halogens is 7. The molecule has 4 heterocycles. The minimum absolute atomic E-state index is 0.00387. The molecule has 0 aliphatic heterocycles. The molecule has 0 unspecified atom stereocenters. The highest BCUT2D eigenvalue weighted by Crippen LogP contribution is 2.68. The molecule has 3 aliphatic carbocycles. The van der Waals surface area contributed by atoms with Crippen LogP contribution < -0.4 is 15.6 Å². The maximum absolute atomic E-state index is 15.6. The van der Waals surface area contributed by atoms with Gasteiger partial charge in [-0.2, -0.15) is 19.0 Å². The van der Waals surface area contributed by atoms with Crippen molar-refractivity contribution in [2.75, 3.05) is 11.0 Å². The van der Waals surface area contributed by atoms with Crippen molar-refractivity contribution in [2.24, 2.45) is 13.0 Å². The SMILES string of the molecule is Cn1nc(NS(C)(=O)=O)c2c(Cl)ccc(-n3c([C@H](Cc4cc(F)cc(F)c4)NC(=O)Cn4nc(C(F)F)c5c4C(F)(F)[C@@H]4C[C@H]54)nc4cc(-c5ccnc(C6CCC6)n5)ccc4c3=O)c21. The fourth-order valence-corrected chi connectivity index (χ4v) is 9.87. The quantitative estimate of drug-likeness (QED) is 0.116. The number of carbonyl (C=O) groups is 1. The summed E-state index contributed by atoms with van der Waals surface area (Å²) in [5.41, 5.74) is -1.38. The molecule has 3 aliphatic rings. The van der Waals surface area contributed by atoms with Crippen molar-refractivity contribution in [1.29, 1.82) is 0 Å². The average Bonchev–Trinajstić information content (AvgIpc) is 3.75. The van der Waals surface area contributed by atoms with E-state index in [1.807, 2.05) is 0 Å². The lowest BCUT2D eigenvalue weighted by Crippen LogP contribution is -2.38. The number of alkyl halides is 4. The zero-order valence-electron chi connectivity index (χ0n) is 34.2. The number of nitrogens with one attached hydrogen (secondary N) is 2. The van der Waals surface area contributed by atoms with Gasteiger partial charge in [-0.05, 0) is 73.2 Å². The minimum Gasteiger partial charge on any atom is -0.344 e. The highest BCUT2D eigenvalue weighted by molar-refractivity contribution is 7.92. The third-order valence-electron chi connectivity index (χ3n) is 12.2. The summed E-state index contributed by atoms with van der Waals surface area (Å²) in [5.74, 6) is -8.15. The van der Waals surface area contributed by atoms with E-state index in [9.17, 15) is 30.8 Å². The van der Waals surface area contributed by atoms with Crippen LogP contribution in [0.25, 0.3) is 38.8 Å². The van der Waals surface area contributed by atoms with Gasteiger partial charge in [-0.1, -0.05) is 24.1 Å². The minimum atomic E-state index is -3.92. The monoisotopic (exact) mass is 936 g/mol. The van der Waals surface area contributed by atoms with Gasteiger partial charge in [0.2, 0.25) is 15.9 Å². The Balaban J connectivity index is 1.17. The maximum atomic E-state index is 15.6. The lowest BCUT2D eigenvalue weighted by atomic mass is 9.85. The molecule has 7 aromatic rings. The van der Waals surface area contributed by atoms with Crippen molar-refractivity contribution in [2.45, 2.75) is 68.9 Å². The predicted molar refractivity (Wildman–Crippen MR) is 226 cm³/mol. The number of nitrogens with zero attached hydrogens (tertiary/aromatic N) is 8.